The van der Waals surface area contributed by atoms with Gasteiger partial charge in [-0.05, 0) is 11.6 Å². The molecule has 1 atom stereocenters. The zero-order chi connectivity index (χ0) is 12.2. The van der Waals surface area contributed by atoms with Crippen molar-refractivity contribution in [2.45, 2.75) is 17.4 Å². The smallest absolute Gasteiger partial charge is 0.238 e. The lowest BCUT2D eigenvalue weighted by atomic mass is 10.1. The highest BCUT2D eigenvalue weighted by Crippen LogP contribution is 2.15. The third-order valence-corrected chi connectivity index (χ3v) is 3.11. The molecule has 0 bridgehead atoms. The van der Waals surface area contributed by atoms with Crippen molar-refractivity contribution in [2.24, 2.45) is 5.14 Å². The molecule has 90 valence electrons. The molecule has 0 aliphatic rings. The summed E-state index contributed by atoms with van der Waals surface area (Å²) in [7, 11) is -2.28. The van der Waals surface area contributed by atoms with E-state index in [1.807, 2.05) is 0 Å². The van der Waals surface area contributed by atoms with Crippen LogP contribution in [0, 0.1) is 0 Å². The van der Waals surface area contributed by atoms with Crippen LogP contribution in [0.2, 0.25) is 0 Å². The Bertz CT molecular complexity index is 444. The Labute approximate surface area is 94.9 Å². The Morgan fingerprint density at radius 3 is 2.62 bits per heavy atom. The lowest BCUT2D eigenvalue weighted by molar-refractivity contribution is 0.0646. The molecule has 0 aromatic heterocycles. The predicted octanol–water partition coefficient (Wildman–Crippen LogP) is -0.116. The monoisotopic (exact) mass is 245 g/mol. The van der Waals surface area contributed by atoms with Gasteiger partial charge in [-0.15, -0.1) is 0 Å². The van der Waals surface area contributed by atoms with Gasteiger partial charge in [-0.3, -0.25) is 0 Å². The number of rotatable bonds is 5. The van der Waals surface area contributed by atoms with Crippen molar-refractivity contribution in [2.75, 3.05) is 13.7 Å². The van der Waals surface area contributed by atoms with Crippen molar-refractivity contribution in [1.29, 1.82) is 0 Å². The zero-order valence-electron chi connectivity index (χ0n) is 8.96. The number of nitrogens with two attached hydrogens (primary N) is 1. The number of aliphatic hydroxyl groups is 1. The summed E-state index contributed by atoms with van der Waals surface area (Å²) in [5.41, 5.74) is 0.495. The molecule has 0 saturated heterocycles. The van der Waals surface area contributed by atoms with Crippen molar-refractivity contribution in [3.05, 3.63) is 29.8 Å². The van der Waals surface area contributed by atoms with E-state index in [-0.39, 0.29) is 17.9 Å². The molecule has 0 spiro atoms. The third kappa shape index (κ3) is 3.57. The summed E-state index contributed by atoms with van der Waals surface area (Å²) in [5, 5.41) is 14.6. The van der Waals surface area contributed by atoms with Crippen molar-refractivity contribution in [1.82, 2.24) is 0 Å². The summed E-state index contributed by atoms with van der Waals surface area (Å²) < 4.78 is 27.3. The van der Waals surface area contributed by atoms with Gasteiger partial charge in [0.25, 0.3) is 0 Å². The van der Waals surface area contributed by atoms with Crippen LogP contribution < -0.4 is 5.14 Å². The second-order valence-electron chi connectivity index (χ2n) is 3.47. The number of methoxy groups -OCH3 is 1. The van der Waals surface area contributed by atoms with Crippen LogP contribution in [0.5, 0.6) is 0 Å². The molecule has 0 amide bonds. The molecule has 0 fully saturated rings. The average molecular weight is 245 g/mol. The highest BCUT2D eigenvalue weighted by Gasteiger charge is 2.15. The zero-order valence-corrected chi connectivity index (χ0v) is 9.78. The Hall–Kier alpha value is -0.950. The maximum Gasteiger partial charge on any atom is 0.238 e. The quantitative estimate of drug-likeness (QED) is 0.757. The first-order valence-corrected chi connectivity index (χ1v) is 6.27. The van der Waals surface area contributed by atoms with Gasteiger partial charge in [-0.1, -0.05) is 18.2 Å². The SMILES string of the molecule is COCC(O)Cc1ccccc1S(N)(=O)=O. The van der Waals surface area contributed by atoms with E-state index in [2.05, 4.69) is 0 Å². The van der Waals surface area contributed by atoms with E-state index in [1.165, 1.54) is 13.2 Å². The van der Waals surface area contributed by atoms with Gasteiger partial charge < -0.3 is 9.84 Å². The number of hydrogen-bond acceptors (Lipinski definition) is 4. The second-order valence-corrected chi connectivity index (χ2v) is 5.00. The topological polar surface area (TPSA) is 89.6 Å². The van der Waals surface area contributed by atoms with E-state index < -0.39 is 16.1 Å². The van der Waals surface area contributed by atoms with Crippen molar-refractivity contribution < 1.29 is 18.3 Å². The lowest BCUT2D eigenvalue weighted by Crippen LogP contribution is -2.20. The van der Waals surface area contributed by atoms with E-state index in [9.17, 15) is 13.5 Å². The third-order valence-electron chi connectivity index (χ3n) is 2.09. The van der Waals surface area contributed by atoms with Crippen LogP contribution in [0.25, 0.3) is 0 Å². The van der Waals surface area contributed by atoms with E-state index in [1.54, 1.807) is 18.2 Å². The first-order chi connectivity index (χ1) is 7.45. The number of primary sulfonamides is 1. The van der Waals surface area contributed by atoms with Crippen molar-refractivity contribution in [3.63, 3.8) is 0 Å². The van der Waals surface area contributed by atoms with Crippen LogP contribution in [0.1, 0.15) is 5.56 Å². The molecule has 5 nitrogen and oxygen atoms in total. The highest BCUT2D eigenvalue weighted by molar-refractivity contribution is 7.89. The fourth-order valence-corrected chi connectivity index (χ4v) is 2.24. The number of hydrogen-bond donors (Lipinski definition) is 2. The summed E-state index contributed by atoms with van der Waals surface area (Å²) in [4.78, 5) is 0.0464. The van der Waals surface area contributed by atoms with E-state index >= 15 is 0 Å². The molecule has 0 radical (unpaired) electrons. The average Bonchev–Trinajstić information content (AvgIpc) is 2.17. The van der Waals surface area contributed by atoms with Gasteiger partial charge in [0.15, 0.2) is 0 Å². The molecule has 1 aromatic rings. The summed E-state index contributed by atoms with van der Waals surface area (Å²) in [5.74, 6) is 0. The minimum Gasteiger partial charge on any atom is -0.390 e. The maximum absolute atomic E-state index is 11.3. The molecule has 3 N–H and O–H groups in total. The number of sulfonamides is 1. The fraction of sp³-hybridized carbons (Fsp3) is 0.400. The summed E-state index contributed by atoms with van der Waals surface area (Å²) in [6, 6.07) is 6.33. The highest BCUT2D eigenvalue weighted by atomic mass is 32.2. The molecule has 0 aliphatic heterocycles. The molecule has 1 aromatic carbocycles. The van der Waals surface area contributed by atoms with Crippen LogP contribution >= 0.6 is 0 Å². The van der Waals surface area contributed by atoms with Gasteiger partial charge >= 0.3 is 0 Å². The van der Waals surface area contributed by atoms with Gasteiger partial charge in [0, 0.05) is 13.5 Å². The van der Waals surface area contributed by atoms with E-state index in [0.717, 1.165) is 0 Å². The van der Waals surface area contributed by atoms with Crippen molar-refractivity contribution in [3.8, 4) is 0 Å². The van der Waals surface area contributed by atoms with Crippen LogP contribution in [-0.2, 0) is 21.2 Å². The largest absolute Gasteiger partial charge is 0.390 e. The van der Waals surface area contributed by atoms with Gasteiger partial charge in [-0.2, -0.15) is 0 Å². The Kier molecular flexibility index (Phi) is 4.43. The number of benzene rings is 1. The fourth-order valence-electron chi connectivity index (χ4n) is 1.46. The molecule has 6 heteroatoms. The molecule has 1 unspecified atom stereocenters. The van der Waals surface area contributed by atoms with Gasteiger partial charge in [0.05, 0.1) is 17.6 Å². The molecular weight excluding hydrogens is 230 g/mol. The summed E-state index contributed by atoms with van der Waals surface area (Å²) >= 11 is 0. The second kappa shape index (κ2) is 5.40. The molecule has 16 heavy (non-hydrogen) atoms. The Morgan fingerprint density at radius 1 is 1.44 bits per heavy atom. The molecule has 0 heterocycles. The van der Waals surface area contributed by atoms with Gasteiger partial charge in [-0.25, -0.2) is 13.6 Å². The normalized spacial score (nSPS) is 13.7. The number of ether oxygens (including phenoxy) is 1. The first kappa shape index (κ1) is 13.1. The number of aliphatic hydroxyl groups excluding tert-OH is 1. The first-order valence-electron chi connectivity index (χ1n) is 4.73. The van der Waals surface area contributed by atoms with Gasteiger partial charge in [0.2, 0.25) is 10.0 Å². The molecule has 0 saturated carbocycles. The van der Waals surface area contributed by atoms with E-state index in [4.69, 9.17) is 9.88 Å². The van der Waals surface area contributed by atoms with Crippen LogP contribution in [0.15, 0.2) is 29.2 Å². The molecule has 0 aliphatic carbocycles. The van der Waals surface area contributed by atoms with Gasteiger partial charge in [0.1, 0.15) is 0 Å². The minimum absolute atomic E-state index is 0.0464. The minimum atomic E-state index is -3.75. The Balaban J connectivity index is 2.96. The van der Waals surface area contributed by atoms with Crippen molar-refractivity contribution >= 4 is 10.0 Å². The van der Waals surface area contributed by atoms with Crippen LogP contribution in [-0.4, -0.2) is 33.3 Å². The van der Waals surface area contributed by atoms with E-state index in [0.29, 0.717) is 5.56 Å². The standard InChI is InChI=1S/C10H15NO4S/c1-15-7-9(12)6-8-4-2-3-5-10(8)16(11,13)14/h2-5,9,12H,6-7H2,1H3,(H2,11,13,14). The maximum atomic E-state index is 11.3. The summed E-state index contributed by atoms with van der Waals surface area (Å²) in [6.07, 6.45) is -0.548. The van der Waals surface area contributed by atoms with Crippen LogP contribution in [0.3, 0.4) is 0 Å². The summed E-state index contributed by atoms with van der Waals surface area (Å²) in [6.45, 7) is 0.152. The molecular formula is C10H15NO4S. The Morgan fingerprint density at radius 2 is 2.06 bits per heavy atom. The lowest BCUT2D eigenvalue weighted by Gasteiger charge is -2.12. The molecule has 1 rings (SSSR count). The predicted molar refractivity (Wildman–Crippen MR) is 59.4 cm³/mol. The van der Waals surface area contributed by atoms with Crippen LogP contribution in [0.4, 0.5) is 0 Å².